The largest absolute Gasteiger partial charge is 0.374 e. The van der Waals surface area contributed by atoms with Gasteiger partial charge in [0, 0.05) is 31.6 Å². The van der Waals surface area contributed by atoms with E-state index in [1.54, 1.807) is 0 Å². The predicted octanol–water partition coefficient (Wildman–Crippen LogP) is 1.31. The molecule has 0 spiro atoms. The summed E-state index contributed by atoms with van der Waals surface area (Å²) in [6.07, 6.45) is 1.36. The molecule has 1 aliphatic rings. The number of morpholine rings is 1. The molecule has 2 unspecified atom stereocenters. The fraction of sp³-hybridized carbons (Fsp3) is 1.00. The summed E-state index contributed by atoms with van der Waals surface area (Å²) in [6, 6.07) is 0.489. The molecule has 0 amide bonds. The predicted molar refractivity (Wildman–Crippen MR) is 64.7 cm³/mol. The van der Waals surface area contributed by atoms with Crippen LogP contribution in [0.3, 0.4) is 0 Å². The second kappa shape index (κ2) is 7.44. The zero-order valence-corrected chi connectivity index (χ0v) is 10.6. The maximum atomic E-state index is 5.70. The van der Waals surface area contributed by atoms with Crippen LogP contribution in [0, 0.1) is 0 Å². The average Bonchev–Trinajstić information content (AvgIpc) is 2.27. The third kappa shape index (κ3) is 5.16. The Morgan fingerprint density at radius 3 is 3.07 bits per heavy atom. The van der Waals surface area contributed by atoms with Gasteiger partial charge in [-0.2, -0.15) is 0 Å². The van der Waals surface area contributed by atoms with Gasteiger partial charge in [0.1, 0.15) is 0 Å². The molecular formula is C11H23ClN2O. The highest BCUT2D eigenvalue weighted by Crippen LogP contribution is 2.04. The molecule has 2 atom stereocenters. The smallest absolute Gasteiger partial charge is 0.0826 e. The molecule has 0 aromatic rings. The minimum atomic E-state index is 0.344. The number of ether oxygens (including phenoxy) is 1. The van der Waals surface area contributed by atoms with Crippen LogP contribution in [0.1, 0.15) is 20.3 Å². The fourth-order valence-electron chi connectivity index (χ4n) is 1.79. The van der Waals surface area contributed by atoms with Gasteiger partial charge in [-0.15, -0.1) is 11.6 Å². The molecule has 1 aliphatic heterocycles. The second-order valence-electron chi connectivity index (χ2n) is 4.17. The Kier molecular flexibility index (Phi) is 6.57. The molecule has 0 radical (unpaired) electrons. The van der Waals surface area contributed by atoms with Crippen molar-refractivity contribution in [1.29, 1.82) is 0 Å². The van der Waals surface area contributed by atoms with Crippen molar-refractivity contribution in [3.63, 3.8) is 0 Å². The molecule has 0 bridgehead atoms. The normalized spacial score (nSPS) is 25.4. The van der Waals surface area contributed by atoms with Crippen LogP contribution in [0.4, 0.5) is 0 Å². The zero-order chi connectivity index (χ0) is 11.1. The Labute approximate surface area is 98.1 Å². The number of hydrogen-bond donors (Lipinski definition) is 1. The van der Waals surface area contributed by atoms with Gasteiger partial charge in [-0.05, 0) is 19.9 Å². The number of alkyl halides is 1. The highest BCUT2D eigenvalue weighted by Gasteiger charge is 2.19. The van der Waals surface area contributed by atoms with E-state index in [-0.39, 0.29) is 0 Å². The van der Waals surface area contributed by atoms with E-state index in [1.165, 1.54) is 0 Å². The Morgan fingerprint density at radius 1 is 1.60 bits per heavy atom. The van der Waals surface area contributed by atoms with Gasteiger partial charge in [-0.1, -0.05) is 6.92 Å². The lowest BCUT2D eigenvalue weighted by Gasteiger charge is -2.32. The van der Waals surface area contributed by atoms with Crippen molar-refractivity contribution >= 4 is 11.6 Å². The van der Waals surface area contributed by atoms with Crippen molar-refractivity contribution in [1.82, 2.24) is 10.2 Å². The third-order valence-electron chi connectivity index (χ3n) is 2.91. The first-order valence-electron chi connectivity index (χ1n) is 5.89. The molecule has 1 saturated heterocycles. The number of likely N-dealkylation sites (N-methyl/N-ethyl adjacent to an activating group) is 1. The molecule has 1 fully saturated rings. The van der Waals surface area contributed by atoms with Crippen LogP contribution in [0.25, 0.3) is 0 Å². The van der Waals surface area contributed by atoms with Crippen molar-refractivity contribution in [2.24, 2.45) is 0 Å². The maximum Gasteiger partial charge on any atom is 0.0826 e. The first kappa shape index (κ1) is 13.2. The average molecular weight is 235 g/mol. The van der Waals surface area contributed by atoms with E-state index < -0.39 is 0 Å². The molecule has 15 heavy (non-hydrogen) atoms. The first-order chi connectivity index (χ1) is 7.26. The molecule has 3 nitrogen and oxygen atoms in total. The summed E-state index contributed by atoms with van der Waals surface area (Å²) in [4.78, 5) is 2.43. The number of nitrogens with one attached hydrogen (secondary N) is 1. The summed E-state index contributed by atoms with van der Waals surface area (Å²) >= 11 is 5.68. The Balaban J connectivity index is 2.14. The van der Waals surface area contributed by atoms with Crippen LogP contribution in [-0.4, -0.2) is 55.7 Å². The number of rotatable bonds is 6. The van der Waals surface area contributed by atoms with E-state index in [0.717, 1.165) is 45.1 Å². The molecule has 1 heterocycles. The standard InChI is InChI=1S/C11H23ClN2O/c1-3-14-6-7-15-11(9-14)8-13-10(2)4-5-12/h10-11,13H,3-9H2,1-2H3. The lowest BCUT2D eigenvalue weighted by atomic mass is 10.2. The summed E-state index contributed by atoms with van der Waals surface area (Å²) in [5.74, 6) is 0.723. The number of hydrogen-bond acceptors (Lipinski definition) is 3. The van der Waals surface area contributed by atoms with Crippen LogP contribution < -0.4 is 5.32 Å². The topological polar surface area (TPSA) is 24.5 Å². The van der Waals surface area contributed by atoms with Gasteiger partial charge in [0.25, 0.3) is 0 Å². The van der Waals surface area contributed by atoms with Gasteiger partial charge in [0.15, 0.2) is 0 Å². The van der Waals surface area contributed by atoms with Crippen molar-refractivity contribution in [2.75, 3.05) is 38.7 Å². The fourth-order valence-corrected chi connectivity index (χ4v) is 2.12. The molecule has 1 N–H and O–H groups in total. The molecule has 0 aromatic heterocycles. The molecule has 90 valence electrons. The summed E-state index contributed by atoms with van der Waals surface area (Å²) in [5, 5.41) is 3.46. The van der Waals surface area contributed by atoms with E-state index >= 15 is 0 Å². The van der Waals surface area contributed by atoms with Crippen molar-refractivity contribution < 1.29 is 4.74 Å². The molecule has 0 aromatic carbocycles. The van der Waals surface area contributed by atoms with Gasteiger partial charge in [-0.3, -0.25) is 4.90 Å². The van der Waals surface area contributed by atoms with Crippen molar-refractivity contribution in [3.8, 4) is 0 Å². The van der Waals surface area contributed by atoms with Crippen LogP contribution in [0.2, 0.25) is 0 Å². The van der Waals surface area contributed by atoms with Gasteiger partial charge >= 0.3 is 0 Å². The Bertz CT molecular complexity index is 169. The van der Waals surface area contributed by atoms with Crippen LogP contribution in [0.5, 0.6) is 0 Å². The first-order valence-corrected chi connectivity index (χ1v) is 6.43. The van der Waals surface area contributed by atoms with E-state index in [1.807, 2.05) is 0 Å². The molecule has 4 heteroatoms. The number of nitrogens with zero attached hydrogens (tertiary/aromatic N) is 1. The lowest BCUT2D eigenvalue weighted by molar-refractivity contribution is -0.0261. The van der Waals surface area contributed by atoms with Crippen LogP contribution in [-0.2, 0) is 4.74 Å². The minimum absolute atomic E-state index is 0.344. The van der Waals surface area contributed by atoms with Gasteiger partial charge in [0.2, 0.25) is 0 Å². The Morgan fingerprint density at radius 2 is 2.40 bits per heavy atom. The van der Waals surface area contributed by atoms with Gasteiger partial charge < -0.3 is 10.1 Å². The van der Waals surface area contributed by atoms with Crippen molar-refractivity contribution in [2.45, 2.75) is 32.4 Å². The molecular weight excluding hydrogens is 212 g/mol. The van der Waals surface area contributed by atoms with Gasteiger partial charge in [-0.25, -0.2) is 0 Å². The monoisotopic (exact) mass is 234 g/mol. The Hall–Kier alpha value is 0.170. The van der Waals surface area contributed by atoms with E-state index in [9.17, 15) is 0 Å². The summed E-state index contributed by atoms with van der Waals surface area (Å²) in [7, 11) is 0. The second-order valence-corrected chi connectivity index (χ2v) is 4.55. The SMILES string of the molecule is CCN1CCOC(CNC(C)CCCl)C1. The van der Waals surface area contributed by atoms with Crippen LogP contribution >= 0.6 is 11.6 Å². The highest BCUT2D eigenvalue weighted by atomic mass is 35.5. The quantitative estimate of drug-likeness (QED) is 0.702. The summed E-state index contributed by atoms with van der Waals surface area (Å²) < 4.78 is 5.70. The molecule has 0 saturated carbocycles. The van der Waals surface area contributed by atoms with E-state index in [4.69, 9.17) is 16.3 Å². The maximum absolute atomic E-state index is 5.70. The number of halogens is 1. The van der Waals surface area contributed by atoms with E-state index in [0.29, 0.717) is 12.1 Å². The highest BCUT2D eigenvalue weighted by molar-refractivity contribution is 6.17. The van der Waals surface area contributed by atoms with E-state index in [2.05, 4.69) is 24.1 Å². The van der Waals surface area contributed by atoms with Gasteiger partial charge in [0.05, 0.1) is 12.7 Å². The lowest BCUT2D eigenvalue weighted by Crippen LogP contribution is -2.47. The minimum Gasteiger partial charge on any atom is -0.374 e. The van der Waals surface area contributed by atoms with Crippen molar-refractivity contribution in [3.05, 3.63) is 0 Å². The molecule has 0 aliphatic carbocycles. The summed E-state index contributed by atoms with van der Waals surface area (Å²) in [5.41, 5.74) is 0. The van der Waals surface area contributed by atoms with Crippen LogP contribution in [0.15, 0.2) is 0 Å². The zero-order valence-electron chi connectivity index (χ0n) is 9.84. The third-order valence-corrected chi connectivity index (χ3v) is 3.12. The summed E-state index contributed by atoms with van der Waals surface area (Å²) in [6.45, 7) is 9.42. The molecule has 1 rings (SSSR count).